The Morgan fingerprint density at radius 1 is 1.17 bits per heavy atom. The average Bonchev–Trinajstić information content (AvgIpc) is 2.59. The zero-order chi connectivity index (χ0) is 17.1. The summed E-state index contributed by atoms with van der Waals surface area (Å²) in [7, 11) is 1.66. The lowest BCUT2D eigenvalue weighted by atomic mass is 9.85. The van der Waals surface area contributed by atoms with Gasteiger partial charge in [-0.2, -0.15) is 5.10 Å². The maximum Gasteiger partial charge on any atom is 0.266 e. The van der Waals surface area contributed by atoms with E-state index in [0.717, 1.165) is 38.2 Å². The molecule has 1 saturated carbocycles. The monoisotopic (exact) mass is 332 g/mol. The van der Waals surface area contributed by atoms with Crippen molar-refractivity contribution in [2.24, 2.45) is 18.9 Å². The molecule has 6 heteroatoms. The van der Waals surface area contributed by atoms with Crippen LogP contribution < -0.4 is 15.8 Å². The molecule has 2 aliphatic rings. The van der Waals surface area contributed by atoms with E-state index in [9.17, 15) is 9.59 Å². The molecule has 1 amide bonds. The number of carbonyl (C=O) groups excluding carboxylic acids is 1. The van der Waals surface area contributed by atoms with Gasteiger partial charge >= 0.3 is 0 Å². The second kappa shape index (κ2) is 7.36. The second-order valence-electron chi connectivity index (χ2n) is 7.29. The molecule has 24 heavy (non-hydrogen) atoms. The highest BCUT2D eigenvalue weighted by Crippen LogP contribution is 2.26. The summed E-state index contributed by atoms with van der Waals surface area (Å²) in [4.78, 5) is 26.2. The van der Waals surface area contributed by atoms with Crippen molar-refractivity contribution < 1.29 is 4.79 Å². The predicted octanol–water partition coefficient (Wildman–Crippen LogP) is 1.69. The summed E-state index contributed by atoms with van der Waals surface area (Å²) in [6.07, 6.45) is 6.55. The summed E-state index contributed by atoms with van der Waals surface area (Å²) in [6, 6.07) is 3.67. The molecule has 0 unspecified atom stereocenters. The van der Waals surface area contributed by atoms with E-state index in [0.29, 0.717) is 12.0 Å². The van der Waals surface area contributed by atoms with Crippen LogP contribution >= 0.6 is 0 Å². The first kappa shape index (κ1) is 17.0. The van der Waals surface area contributed by atoms with Crippen molar-refractivity contribution in [2.75, 3.05) is 18.0 Å². The molecule has 132 valence electrons. The lowest BCUT2D eigenvalue weighted by Gasteiger charge is -2.34. The van der Waals surface area contributed by atoms with Gasteiger partial charge in [-0.15, -0.1) is 0 Å². The first-order valence-electron chi connectivity index (χ1n) is 9.14. The van der Waals surface area contributed by atoms with Gasteiger partial charge < -0.3 is 10.2 Å². The van der Waals surface area contributed by atoms with Crippen molar-refractivity contribution in [1.82, 2.24) is 15.1 Å². The third kappa shape index (κ3) is 3.79. The van der Waals surface area contributed by atoms with E-state index in [1.807, 2.05) is 0 Å². The van der Waals surface area contributed by atoms with Crippen LogP contribution in [0.2, 0.25) is 0 Å². The Hall–Kier alpha value is -1.85. The highest BCUT2D eigenvalue weighted by atomic mass is 16.2. The second-order valence-corrected chi connectivity index (χ2v) is 7.29. The number of aromatic nitrogens is 2. The molecular weight excluding hydrogens is 304 g/mol. The fourth-order valence-electron chi connectivity index (χ4n) is 3.86. The van der Waals surface area contributed by atoms with Gasteiger partial charge in [-0.1, -0.05) is 19.8 Å². The number of hydrogen-bond acceptors (Lipinski definition) is 4. The summed E-state index contributed by atoms with van der Waals surface area (Å²) in [5, 5.41) is 7.59. The molecule has 2 fully saturated rings. The summed E-state index contributed by atoms with van der Waals surface area (Å²) in [5.41, 5.74) is -0.102. The van der Waals surface area contributed by atoms with Gasteiger partial charge in [-0.25, -0.2) is 4.68 Å². The Bertz CT molecular complexity index is 634. The number of aryl methyl sites for hydroxylation is 1. The zero-order valence-electron chi connectivity index (χ0n) is 14.7. The Morgan fingerprint density at radius 2 is 1.88 bits per heavy atom. The van der Waals surface area contributed by atoms with Gasteiger partial charge in [0.1, 0.15) is 5.82 Å². The van der Waals surface area contributed by atoms with E-state index in [4.69, 9.17) is 0 Å². The van der Waals surface area contributed by atoms with Crippen molar-refractivity contribution in [3.63, 3.8) is 0 Å². The fourth-order valence-corrected chi connectivity index (χ4v) is 3.86. The third-order valence-electron chi connectivity index (χ3n) is 5.58. The quantitative estimate of drug-likeness (QED) is 0.915. The highest BCUT2D eigenvalue weighted by molar-refractivity contribution is 5.79. The number of piperidine rings is 1. The first-order valence-corrected chi connectivity index (χ1v) is 9.14. The SMILES string of the molecule is C[C@@H]1CCCC[C@H]1NC(=O)C1CCN(c2ccc(=O)n(C)n2)CC1. The Labute approximate surface area is 143 Å². The van der Waals surface area contributed by atoms with Gasteiger partial charge in [0.25, 0.3) is 5.56 Å². The summed E-state index contributed by atoms with van der Waals surface area (Å²) >= 11 is 0. The van der Waals surface area contributed by atoms with Gasteiger partial charge in [0, 0.05) is 38.2 Å². The number of rotatable bonds is 3. The van der Waals surface area contributed by atoms with Crippen LogP contribution in [0.3, 0.4) is 0 Å². The largest absolute Gasteiger partial charge is 0.355 e. The molecule has 2 heterocycles. The van der Waals surface area contributed by atoms with E-state index >= 15 is 0 Å². The van der Waals surface area contributed by atoms with Crippen LogP contribution in [-0.4, -0.2) is 34.8 Å². The van der Waals surface area contributed by atoms with E-state index in [2.05, 4.69) is 22.2 Å². The molecule has 6 nitrogen and oxygen atoms in total. The molecule has 1 aromatic rings. The first-order chi connectivity index (χ1) is 11.5. The van der Waals surface area contributed by atoms with Crippen molar-refractivity contribution in [2.45, 2.75) is 51.5 Å². The van der Waals surface area contributed by atoms with Gasteiger partial charge in [0.2, 0.25) is 5.91 Å². The molecule has 0 bridgehead atoms. The van der Waals surface area contributed by atoms with Crippen molar-refractivity contribution in [3.05, 3.63) is 22.5 Å². The van der Waals surface area contributed by atoms with Crippen LogP contribution in [0.4, 0.5) is 5.82 Å². The molecule has 1 N–H and O–H groups in total. The van der Waals surface area contributed by atoms with Gasteiger partial charge in [0.05, 0.1) is 0 Å². The predicted molar refractivity (Wildman–Crippen MR) is 94.0 cm³/mol. The van der Waals surface area contributed by atoms with Crippen LogP contribution in [0.5, 0.6) is 0 Å². The van der Waals surface area contributed by atoms with Crippen LogP contribution in [0, 0.1) is 11.8 Å². The van der Waals surface area contributed by atoms with Crippen LogP contribution in [-0.2, 0) is 11.8 Å². The van der Waals surface area contributed by atoms with Crippen molar-refractivity contribution in [1.29, 1.82) is 0 Å². The highest BCUT2D eigenvalue weighted by Gasteiger charge is 2.29. The minimum atomic E-state index is -0.102. The molecule has 1 aromatic heterocycles. The molecule has 0 radical (unpaired) electrons. The lowest BCUT2D eigenvalue weighted by Crippen LogP contribution is -2.47. The van der Waals surface area contributed by atoms with Crippen molar-refractivity contribution >= 4 is 11.7 Å². The number of nitrogens with zero attached hydrogens (tertiary/aromatic N) is 3. The number of amides is 1. The molecule has 1 saturated heterocycles. The normalized spacial score (nSPS) is 25.5. The molecule has 0 aromatic carbocycles. The Balaban J connectivity index is 1.53. The lowest BCUT2D eigenvalue weighted by molar-refractivity contribution is -0.126. The van der Waals surface area contributed by atoms with Crippen LogP contribution in [0.25, 0.3) is 0 Å². The molecule has 3 rings (SSSR count). The maximum atomic E-state index is 12.6. The maximum absolute atomic E-state index is 12.6. The topological polar surface area (TPSA) is 67.2 Å². The van der Waals surface area contributed by atoms with E-state index < -0.39 is 0 Å². The van der Waals surface area contributed by atoms with Gasteiger partial charge in [0.15, 0.2) is 0 Å². The number of nitrogens with one attached hydrogen (secondary N) is 1. The Kier molecular flexibility index (Phi) is 5.21. The smallest absolute Gasteiger partial charge is 0.266 e. The molecule has 1 aliphatic heterocycles. The van der Waals surface area contributed by atoms with Crippen LogP contribution in [0.1, 0.15) is 45.4 Å². The van der Waals surface area contributed by atoms with Gasteiger partial charge in [-0.3, -0.25) is 9.59 Å². The molecule has 2 atom stereocenters. The fraction of sp³-hybridized carbons (Fsp3) is 0.722. The van der Waals surface area contributed by atoms with Gasteiger partial charge in [-0.05, 0) is 37.7 Å². The van der Waals surface area contributed by atoms with Crippen molar-refractivity contribution in [3.8, 4) is 0 Å². The number of hydrogen-bond donors (Lipinski definition) is 1. The molecule has 1 aliphatic carbocycles. The zero-order valence-corrected chi connectivity index (χ0v) is 14.7. The van der Waals surface area contributed by atoms with E-state index in [1.54, 1.807) is 19.2 Å². The molecular formula is C18H28N4O2. The van der Waals surface area contributed by atoms with Crippen LogP contribution in [0.15, 0.2) is 16.9 Å². The number of anilines is 1. The standard InChI is InChI=1S/C18H28N4O2/c1-13-5-3-4-6-15(13)19-18(24)14-9-11-22(12-10-14)16-7-8-17(23)21(2)20-16/h7-8,13-15H,3-6,9-12H2,1-2H3,(H,19,24)/t13-,15-/m1/s1. The Morgan fingerprint density at radius 3 is 2.54 bits per heavy atom. The third-order valence-corrected chi connectivity index (χ3v) is 5.58. The minimum absolute atomic E-state index is 0.0999. The molecule has 0 spiro atoms. The van der Waals surface area contributed by atoms with E-state index in [-0.39, 0.29) is 17.4 Å². The number of carbonyl (C=O) groups is 1. The summed E-state index contributed by atoms with van der Waals surface area (Å²) in [6.45, 7) is 3.87. The minimum Gasteiger partial charge on any atom is -0.355 e. The van der Waals surface area contributed by atoms with E-state index in [1.165, 1.54) is 23.9 Å². The summed E-state index contributed by atoms with van der Waals surface area (Å²) in [5.74, 6) is 1.74. The summed E-state index contributed by atoms with van der Waals surface area (Å²) < 4.78 is 1.36. The average molecular weight is 332 g/mol.